The van der Waals surface area contributed by atoms with E-state index in [4.69, 9.17) is 25.5 Å². The number of carbonyl (C=O) groups is 2. The molecule has 100 valence electrons. The highest BCUT2D eigenvalue weighted by Gasteiger charge is 2.12. The van der Waals surface area contributed by atoms with E-state index in [2.05, 4.69) is 45.0 Å². The van der Waals surface area contributed by atoms with Gasteiger partial charge in [-0.1, -0.05) is 45.0 Å². The van der Waals surface area contributed by atoms with E-state index in [0.29, 0.717) is 6.54 Å². The Balaban J connectivity index is 0.000000411. The van der Waals surface area contributed by atoms with Crippen LogP contribution >= 0.6 is 0 Å². The largest absolute Gasteiger partial charge is 0.473 e. The molecule has 5 nitrogen and oxygen atoms in total. The SMILES string of the molecule is CC(C)(C)c1ccc(CN)cc1.O=C(O)C(=O)O. The van der Waals surface area contributed by atoms with Crippen LogP contribution in [0.3, 0.4) is 0 Å². The van der Waals surface area contributed by atoms with Gasteiger partial charge in [-0.05, 0) is 16.5 Å². The minimum Gasteiger partial charge on any atom is -0.473 e. The Labute approximate surface area is 106 Å². The van der Waals surface area contributed by atoms with E-state index in [-0.39, 0.29) is 5.41 Å². The molecule has 4 N–H and O–H groups in total. The van der Waals surface area contributed by atoms with Crippen LogP contribution < -0.4 is 5.73 Å². The van der Waals surface area contributed by atoms with E-state index in [1.165, 1.54) is 11.1 Å². The average molecular weight is 253 g/mol. The summed E-state index contributed by atoms with van der Waals surface area (Å²) in [5.74, 6) is -3.65. The number of nitrogens with two attached hydrogens (primary N) is 1. The molecule has 0 spiro atoms. The van der Waals surface area contributed by atoms with Gasteiger partial charge in [0.1, 0.15) is 0 Å². The normalized spacial score (nSPS) is 10.2. The Hall–Kier alpha value is -1.88. The summed E-state index contributed by atoms with van der Waals surface area (Å²) < 4.78 is 0. The molecular formula is C13H19NO4. The van der Waals surface area contributed by atoms with Gasteiger partial charge in [0.15, 0.2) is 0 Å². The number of rotatable bonds is 1. The zero-order valence-corrected chi connectivity index (χ0v) is 10.8. The molecule has 0 aromatic heterocycles. The minimum atomic E-state index is -1.82. The first kappa shape index (κ1) is 16.1. The van der Waals surface area contributed by atoms with Crippen molar-refractivity contribution in [2.75, 3.05) is 0 Å². The lowest BCUT2D eigenvalue weighted by atomic mass is 9.87. The summed E-state index contributed by atoms with van der Waals surface area (Å²) in [7, 11) is 0. The fourth-order valence-corrected chi connectivity index (χ4v) is 1.14. The standard InChI is InChI=1S/C11H17N.C2H2O4/c1-11(2,3)10-6-4-9(8-12)5-7-10;3-1(4)2(5)6/h4-7H,8,12H2,1-3H3;(H,3,4)(H,5,6). The maximum absolute atomic E-state index is 9.10. The van der Waals surface area contributed by atoms with Crippen LogP contribution in [0.25, 0.3) is 0 Å². The summed E-state index contributed by atoms with van der Waals surface area (Å²) in [6, 6.07) is 8.51. The van der Waals surface area contributed by atoms with E-state index < -0.39 is 11.9 Å². The van der Waals surface area contributed by atoms with Crippen molar-refractivity contribution in [1.82, 2.24) is 0 Å². The van der Waals surface area contributed by atoms with Crippen LogP contribution in [0.4, 0.5) is 0 Å². The molecule has 0 atom stereocenters. The first-order valence-corrected chi connectivity index (χ1v) is 5.44. The fraction of sp³-hybridized carbons (Fsp3) is 0.385. The van der Waals surface area contributed by atoms with Crippen LogP contribution in [0.15, 0.2) is 24.3 Å². The zero-order chi connectivity index (χ0) is 14.3. The van der Waals surface area contributed by atoms with Gasteiger partial charge in [0.25, 0.3) is 0 Å². The van der Waals surface area contributed by atoms with Gasteiger partial charge in [-0.25, -0.2) is 9.59 Å². The molecule has 1 aromatic carbocycles. The number of hydrogen-bond acceptors (Lipinski definition) is 3. The second-order valence-electron chi connectivity index (χ2n) is 4.76. The average Bonchev–Trinajstić information content (AvgIpc) is 2.28. The van der Waals surface area contributed by atoms with Gasteiger partial charge < -0.3 is 15.9 Å². The fourth-order valence-electron chi connectivity index (χ4n) is 1.14. The Bertz CT molecular complexity index is 392. The maximum Gasteiger partial charge on any atom is 0.414 e. The highest BCUT2D eigenvalue weighted by atomic mass is 16.4. The number of carboxylic acids is 2. The van der Waals surface area contributed by atoms with Gasteiger partial charge in [0.05, 0.1) is 0 Å². The minimum absolute atomic E-state index is 0.243. The Morgan fingerprint density at radius 2 is 1.44 bits per heavy atom. The summed E-state index contributed by atoms with van der Waals surface area (Å²) in [6.07, 6.45) is 0. The summed E-state index contributed by atoms with van der Waals surface area (Å²) in [6.45, 7) is 7.27. The van der Waals surface area contributed by atoms with Crippen molar-refractivity contribution in [2.24, 2.45) is 5.73 Å². The summed E-state index contributed by atoms with van der Waals surface area (Å²) in [5.41, 5.74) is 8.31. The molecule has 0 fully saturated rings. The Kier molecular flexibility index (Phi) is 6.05. The molecule has 0 amide bonds. The molecule has 0 heterocycles. The molecule has 1 aromatic rings. The molecule has 0 saturated carbocycles. The molecule has 0 aliphatic rings. The zero-order valence-electron chi connectivity index (χ0n) is 10.8. The Morgan fingerprint density at radius 3 is 1.67 bits per heavy atom. The molecule has 0 aliphatic carbocycles. The smallest absolute Gasteiger partial charge is 0.414 e. The van der Waals surface area contributed by atoms with Crippen molar-refractivity contribution < 1.29 is 19.8 Å². The molecule has 1 rings (SSSR count). The molecule has 0 unspecified atom stereocenters. The lowest BCUT2D eigenvalue weighted by Crippen LogP contribution is -2.10. The first-order chi connectivity index (χ1) is 8.18. The predicted molar refractivity (Wildman–Crippen MR) is 68.3 cm³/mol. The van der Waals surface area contributed by atoms with Gasteiger partial charge in [0, 0.05) is 6.54 Å². The summed E-state index contributed by atoms with van der Waals surface area (Å²) in [5, 5.41) is 14.8. The molecule has 0 saturated heterocycles. The van der Waals surface area contributed by atoms with Gasteiger partial charge in [0.2, 0.25) is 0 Å². The molecule has 0 bridgehead atoms. The topological polar surface area (TPSA) is 101 Å². The van der Waals surface area contributed by atoms with E-state index in [1.807, 2.05) is 0 Å². The predicted octanol–water partition coefficient (Wildman–Crippen LogP) is 1.60. The van der Waals surface area contributed by atoms with Gasteiger partial charge >= 0.3 is 11.9 Å². The second kappa shape index (κ2) is 6.76. The van der Waals surface area contributed by atoms with Crippen molar-refractivity contribution in [3.8, 4) is 0 Å². The molecule has 18 heavy (non-hydrogen) atoms. The summed E-state index contributed by atoms with van der Waals surface area (Å²) >= 11 is 0. The first-order valence-electron chi connectivity index (χ1n) is 5.44. The van der Waals surface area contributed by atoms with E-state index in [1.54, 1.807) is 0 Å². The van der Waals surface area contributed by atoms with Gasteiger partial charge in [-0.3, -0.25) is 0 Å². The quantitative estimate of drug-likeness (QED) is 0.660. The second-order valence-corrected chi connectivity index (χ2v) is 4.76. The van der Waals surface area contributed by atoms with Crippen molar-refractivity contribution in [1.29, 1.82) is 0 Å². The van der Waals surface area contributed by atoms with Crippen molar-refractivity contribution in [3.05, 3.63) is 35.4 Å². The van der Waals surface area contributed by atoms with Crippen molar-refractivity contribution in [2.45, 2.75) is 32.7 Å². The van der Waals surface area contributed by atoms with E-state index in [0.717, 1.165) is 0 Å². The molecule has 0 aliphatic heterocycles. The third-order valence-corrected chi connectivity index (χ3v) is 2.24. The van der Waals surface area contributed by atoms with E-state index >= 15 is 0 Å². The number of aliphatic carboxylic acids is 2. The van der Waals surface area contributed by atoms with Gasteiger partial charge in [-0.15, -0.1) is 0 Å². The van der Waals surface area contributed by atoms with Crippen LogP contribution in [-0.4, -0.2) is 22.2 Å². The Morgan fingerprint density at radius 1 is 1.06 bits per heavy atom. The van der Waals surface area contributed by atoms with Crippen LogP contribution in [-0.2, 0) is 21.5 Å². The van der Waals surface area contributed by atoms with Crippen molar-refractivity contribution in [3.63, 3.8) is 0 Å². The monoisotopic (exact) mass is 253 g/mol. The highest BCUT2D eigenvalue weighted by Crippen LogP contribution is 2.21. The third kappa shape index (κ3) is 6.00. The van der Waals surface area contributed by atoms with Gasteiger partial charge in [-0.2, -0.15) is 0 Å². The lowest BCUT2D eigenvalue weighted by Gasteiger charge is -2.18. The number of carboxylic acid groups (broad SMARTS) is 2. The number of hydrogen-bond donors (Lipinski definition) is 3. The van der Waals surface area contributed by atoms with E-state index in [9.17, 15) is 0 Å². The van der Waals surface area contributed by atoms with Crippen LogP contribution in [0.5, 0.6) is 0 Å². The third-order valence-electron chi connectivity index (χ3n) is 2.24. The highest BCUT2D eigenvalue weighted by molar-refractivity contribution is 6.27. The molecular weight excluding hydrogens is 234 g/mol. The van der Waals surface area contributed by atoms with Crippen LogP contribution in [0.2, 0.25) is 0 Å². The molecule has 5 heteroatoms. The summed E-state index contributed by atoms with van der Waals surface area (Å²) in [4.78, 5) is 18.2. The van der Waals surface area contributed by atoms with Crippen LogP contribution in [0.1, 0.15) is 31.9 Å². The lowest BCUT2D eigenvalue weighted by molar-refractivity contribution is -0.159. The number of benzene rings is 1. The van der Waals surface area contributed by atoms with Crippen molar-refractivity contribution >= 4 is 11.9 Å². The maximum atomic E-state index is 9.10. The molecule has 0 radical (unpaired) electrons. The van der Waals surface area contributed by atoms with Crippen LogP contribution in [0, 0.1) is 0 Å².